The summed E-state index contributed by atoms with van der Waals surface area (Å²) in [6.45, 7) is 1.73. The predicted molar refractivity (Wildman–Crippen MR) is 75.4 cm³/mol. The van der Waals surface area contributed by atoms with Gasteiger partial charge in [0, 0.05) is 19.6 Å². The third-order valence-electron chi connectivity index (χ3n) is 3.11. The van der Waals surface area contributed by atoms with Gasteiger partial charge in [-0.1, -0.05) is 25.1 Å². The van der Waals surface area contributed by atoms with Gasteiger partial charge in [0.1, 0.15) is 12.4 Å². The van der Waals surface area contributed by atoms with Crippen LogP contribution in [0.4, 0.5) is 4.39 Å². The molecule has 0 saturated heterocycles. The van der Waals surface area contributed by atoms with Crippen LogP contribution in [0.3, 0.4) is 0 Å². The van der Waals surface area contributed by atoms with E-state index in [1.807, 2.05) is 0 Å². The average Bonchev–Trinajstić information content (AvgIpc) is 2.44. The number of rotatable bonds is 8. The summed E-state index contributed by atoms with van der Waals surface area (Å²) >= 11 is 0. The molecule has 1 amide bonds. The molecule has 5 nitrogen and oxygen atoms in total. The van der Waals surface area contributed by atoms with Gasteiger partial charge in [0.2, 0.25) is 5.91 Å². The van der Waals surface area contributed by atoms with Crippen molar-refractivity contribution in [3.05, 3.63) is 35.6 Å². The van der Waals surface area contributed by atoms with E-state index >= 15 is 0 Å². The lowest BCUT2D eigenvalue weighted by atomic mass is 9.99. The van der Waals surface area contributed by atoms with Crippen LogP contribution < -0.4 is 0 Å². The molecule has 1 aromatic carbocycles. The van der Waals surface area contributed by atoms with Gasteiger partial charge in [0.25, 0.3) is 0 Å². The molecule has 21 heavy (non-hydrogen) atoms. The molecule has 0 spiro atoms. The third-order valence-corrected chi connectivity index (χ3v) is 3.11. The van der Waals surface area contributed by atoms with Crippen molar-refractivity contribution in [3.63, 3.8) is 0 Å². The number of amides is 1. The molecule has 0 aromatic heterocycles. The maximum Gasteiger partial charge on any atom is 0.323 e. The lowest BCUT2D eigenvalue weighted by Crippen LogP contribution is -2.41. The number of benzene rings is 1. The van der Waals surface area contributed by atoms with Crippen molar-refractivity contribution in [1.29, 1.82) is 0 Å². The molecule has 1 rings (SSSR count). The first-order chi connectivity index (χ1) is 9.95. The fraction of sp³-hybridized carbons (Fsp3) is 0.467. The predicted octanol–water partition coefficient (Wildman–Crippen LogP) is 1.56. The SMILES string of the molecule is COCCN(CC(=O)O)C(=O)C(C)Cc1ccccc1F. The fourth-order valence-electron chi connectivity index (χ4n) is 2.02. The van der Waals surface area contributed by atoms with E-state index in [4.69, 9.17) is 9.84 Å². The van der Waals surface area contributed by atoms with E-state index in [0.717, 1.165) is 0 Å². The van der Waals surface area contributed by atoms with Gasteiger partial charge in [0.15, 0.2) is 0 Å². The molecule has 0 saturated carbocycles. The van der Waals surface area contributed by atoms with Gasteiger partial charge in [-0.3, -0.25) is 9.59 Å². The molecular weight excluding hydrogens is 277 g/mol. The van der Waals surface area contributed by atoms with Crippen LogP contribution in [0.25, 0.3) is 0 Å². The smallest absolute Gasteiger partial charge is 0.323 e. The molecule has 0 aliphatic carbocycles. The summed E-state index contributed by atoms with van der Waals surface area (Å²) in [5.41, 5.74) is 0.445. The zero-order valence-corrected chi connectivity index (χ0v) is 12.2. The first-order valence-corrected chi connectivity index (χ1v) is 6.68. The van der Waals surface area contributed by atoms with Crippen LogP contribution in [0.15, 0.2) is 24.3 Å². The molecule has 6 heteroatoms. The fourth-order valence-corrected chi connectivity index (χ4v) is 2.02. The maximum atomic E-state index is 13.6. The van der Waals surface area contributed by atoms with Crippen LogP contribution in [0.2, 0.25) is 0 Å². The van der Waals surface area contributed by atoms with E-state index in [9.17, 15) is 14.0 Å². The van der Waals surface area contributed by atoms with Gasteiger partial charge in [-0.15, -0.1) is 0 Å². The Bertz CT molecular complexity index is 492. The molecule has 0 fully saturated rings. The second-order valence-electron chi connectivity index (χ2n) is 4.84. The van der Waals surface area contributed by atoms with Crippen LogP contribution >= 0.6 is 0 Å². The monoisotopic (exact) mass is 297 g/mol. The van der Waals surface area contributed by atoms with Crippen molar-refractivity contribution in [2.45, 2.75) is 13.3 Å². The number of halogens is 1. The van der Waals surface area contributed by atoms with E-state index in [0.29, 0.717) is 5.56 Å². The highest BCUT2D eigenvalue weighted by molar-refractivity contribution is 5.83. The molecule has 1 atom stereocenters. The molecule has 1 unspecified atom stereocenters. The van der Waals surface area contributed by atoms with Gasteiger partial charge >= 0.3 is 5.97 Å². The van der Waals surface area contributed by atoms with E-state index in [1.165, 1.54) is 18.1 Å². The summed E-state index contributed by atoms with van der Waals surface area (Å²) in [6.07, 6.45) is 0.231. The number of hydrogen-bond donors (Lipinski definition) is 1. The number of nitrogens with zero attached hydrogens (tertiary/aromatic N) is 1. The lowest BCUT2D eigenvalue weighted by Gasteiger charge is -2.24. The standard InChI is InChI=1S/C15H20FNO4/c1-11(9-12-5-3-4-6-13(12)16)15(20)17(7-8-21-2)10-14(18)19/h3-6,11H,7-10H2,1-2H3,(H,18,19). The summed E-state index contributed by atoms with van der Waals surface area (Å²) in [4.78, 5) is 24.3. The topological polar surface area (TPSA) is 66.8 Å². The maximum absolute atomic E-state index is 13.6. The van der Waals surface area contributed by atoms with Crippen LogP contribution in [0.1, 0.15) is 12.5 Å². The van der Waals surface area contributed by atoms with E-state index in [1.54, 1.807) is 25.1 Å². The Hall–Kier alpha value is -1.95. The number of hydrogen-bond acceptors (Lipinski definition) is 3. The minimum absolute atomic E-state index is 0.198. The quantitative estimate of drug-likeness (QED) is 0.791. The first-order valence-electron chi connectivity index (χ1n) is 6.68. The Kier molecular flexibility index (Phi) is 6.81. The lowest BCUT2D eigenvalue weighted by molar-refractivity contribution is -0.146. The highest BCUT2D eigenvalue weighted by Crippen LogP contribution is 2.14. The highest BCUT2D eigenvalue weighted by atomic mass is 19.1. The zero-order valence-electron chi connectivity index (χ0n) is 12.2. The minimum Gasteiger partial charge on any atom is -0.480 e. The summed E-state index contributed by atoms with van der Waals surface area (Å²) in [5, 5.41) is 8.85. The second-order valence-corrected chi connectivity index (χ2v) is 4.84. The number of aliphatic carboxylic acids is 1. The summed E-state index contributed by atoms with van der Waals surface area (Å²) in [5.74, 6) is -2.27. The molecule has 1 aromatic rings. The van der Waals surface area contributed by atoms with Crippen LogP contribution in [-0.2, 0) is 20.7 Å². The number of ether oxygens (including phenoxy) is 1. The van der Waals surface area contributed by atoms with Gasteiger partial charge < -0.3 is 14.7 Å². The first kappa shape index (κ1) is 17.1. The summed E-state index contributed by atoms with van der Waals surface area (Å²) < 4.78 is 18.5. The Balaban J connectivity index is 2.73. The molecule has 116 valence electrons. The molecular formula is C15H20FNO4. The molecule has 0 radical (unpaired) electrons. The second kappa shape index (κ2) is 8.36. The van der Waals surface area contributed by atoms with Crippen LogP contribution in [-0.4, -0.2) is 48.7 Å². The Morgan fingerprint density at radius 3 is 2.62 bits per heavy atom. The van der Waals surface area contributed by atoms with Crippen molar-refractivity contribution in [3.8, 4) is 0 Å². The normalized spacial score (nSPS) is 12.0. The third kappa shape index (κ3) is 5.51. The van der Waals surface area contributed by atoms with E-state index in [-0.39, 0.29) is 37.8 Å². The average molecular weight is 297 g/mol. The molecule has 0 aliphatic rings. The van der Waals surface area contributed by atoms with Gasteiger partial charge in [-0.2, -0.15) is 0 Å². The van der Waals surface area contributed by atoms with Gasteiger partial charge in [-0.25, -0.2) is 4.39 Å². The largest absolute Gasteiger partial charge is 0.480 e. The highest BCUT2D eigenvalue weighted by Gasteiger charge is 2.23. The minimum atomic E-state index is -1.09. The molecule has 0 bridgehead atoms. The van der Waals surface area contributed by atoms with Crippen LogP contribution in [0, 0.1) is 11.7 Å². The Labute approximate surface area is 123 Å². The van der Waals surface area contributed by atoms with E-state index in [2.05, 4.69) is 0 Å². The molecule has 1 N–H and O–H groups in total. The van der Waals surface area contributed by atoms with Crippen molar-refractivity contribution < 1.29 is 23.8 Å². The number of carbonyl (C=O) groups is 2. The number of methoxy groups -OCH3 is 1. The summed E-state index contributed by atoms with van der Waals surface area (Å²) in [6, 6.07) is 6.25. The number of carbonyl (C=O) groups excluding carboxylic acids is 1. The van der Waals surface area contributed by atoms with Crippen LogP contribution in [0.5, 0.6) is 0 Å². The van der Waals surface area contributed by atoms with Crippen molar-refractivity contribution in [1.82, 2.24) is 4.90 Å². The molecule has 0 heterocycles. The number of carboxylic acid groups (broad SMARTS) is 1. The van der Waals surface area contributed by atoms with Crippen molar-refractivity contribution in [2.24, 2.45) is 5.92 Å². The zero-order chi connectivity index (χ0) is 15.8. The van der Waals surface area contributed by atoms with Gasteiger partial charge in [0.05, 0.1) is 6.61 Å². The Morgan fingerprint density at radius 2 is 2.05 bits per heavy atom. The van der Waals surface area contributed by atoms with Gasteiger partial charge in [-0.05, 0) is 18.1 Å². The summed E-state index contributed by atoms with van der Waals surface area (Å²) in [7, 11) is 1.48. The van der Waals surface area contributed by atoms with E-state index < -0.39 is 11.9 Å². The molecule has 0 aliphatic heterocycles. The van der Waals surface area contributed by atoms with Crippen molar-refractivity contribution in [2.75, 3.05) is 26.8 Å². The Morgan fingerprint density at radius 1 is 1.38 bits per heavy atom. The number of carboxylic acids is 1. The van der Waals surface area contributed by atoms with Crippen molar-refractivity contribution >= 4 is 11.9 Å².